The second kappa shape index (κ2) is 5.47. The number of sulfonamides is 1. The van der Waals surface area contributed by atoms with Crippen molar-refractivity contribution in [1.29, 1.82) is 0 Å². The molecule has 2 rings (SSSR count). The zero-order valence-corrected chi connectivity index (χ0v) is 11.6. The van der Waals surface area contributed by atoms with Gasteiger partial charge in [0.15, 0.2) is 0 Å². The van der Waals surface area contributed by atoms with Gasteiger partial charge < -0.3 is 10.1 Å². The van der Waals surface area contributed by atoms with Crippen LogP contribution in [0, 0.1) is 11.7 Å². The number of halogens is 1. The van der Waals surface area contributed by atoms with Crippen molar-refractivity contribution in [3.05, 3.63) is 24.0 Å². The zero-order valence-electron chi connectivity index (χ0n) is 10.8. The molecule has 1 fully saturated rings. The Kier molecular flexibility index (Phi) is 4.07. The minimum atomic E-state index is -4.12. The van der Waals surface area contributed by atoms with E-state index in [1.165, 1.54) is 6.07 Å². The minimum Gasteiger partial charge on any atom is -0.368 e. The summed E-state index contributed by atoms with van der Waals surface area (Å²) in [6.45, 7) is 2.40. The summed E-state index contributed by atoms with van der Waals surface area (Å²) in [4.78, 5) is 11.3. The van der Waals surface area contributed by atoms with Crippen LogP contribution in [-0.4, -0.2) is 27.0 Å². The maximum Gasteiger partial charge on any atom is 0.253 e. The quantitative estimate of drug-likeness (QED) is 0.864. The molecule has 0 radical (unpaired) electrons. The zero-order chi connectivity index (χ0) is 14.9. The summed E-state index contributed by atoms with van der Waals surface area (Å²) in [5.41, 5.74) is 0.155. The Morgan fingerprint density at radius 2 is 2.20 bits per heavy atom. The van der Waals surface area contributed by atoms with Crippen molar-refractivity contribution in [2.24, 2.45) is 11.1 Å². The van der Waals surface area contributed by atoms with Gasteiger partial charge in [-0.15, -0.1) is 0 Å². The summed E-state index contributed by atoms with van der Waals surface area (Å²) in [5.74, 6) is -1.30. The summed E-state index contributed by atoms with van der Waals surface area (Å²) >= 11 is 0. The van der Waals surface area contributed by atoms with Gasteiger partial charge in [-0.05, 0) is 30.5 Å². The maximum atomic E-state index is 13.6. The molecule has 0 aromatic heterocycles. The molecule has 1 aromatic rings. The first-order chi connectivity index (χ1) is 9.29. The number of amides is 1. The highest BCUT2D eigenvalue weighted by Crippen LogP contribution is 2.23. The lowest BCUT2D eigenvalue weighted by molar-refractivity contribution is -0.126. The Labute approximate surface area is 116 Å². The number of primary sulfonamides is 1. The lowest BCUT2D eigenvalue weighted by Gasteiger charge is -2.14. The van der Waals surface area contributed by atoms with E-state index in [4.69, 9.17) is 9.88 Å². The van der Waals surface area contributed by atoms with E-state index in [0.29, 0.717) is 6.61 Å². The highest BCUT2D eigenvalue weighted by molar-refractivity contribution is 7.89. The molecule has 0 spiro atoms. The van der Waals surface area contributed by atoms with Crippen LogP contribution in [0.5, 0.6) is 0 Å². The Bertz CT molecular complexity index is 632. The van der Waals surface area contributed by atoms with Gasteiger partial charge in [-0.1, -0.05) is 6.92 Å². The Morgan fingerprint density at radius 3 is 2.70 bits per heavy atom. The van der Waals surface area contributed by atoms with Crippen LogP contribution >= 0.6 is 0 Å². The van der Waals surface area contributed by atoms with Crippen LogP contribution in [0.25, 0.3) is 0 Å². The number of anilines is 1. The summed E-state index contributed by atoms with van der Waals surface area (Å²) in [6.07, 6.45) is 0.215. The van der Waals surface area contributed by atoms with E-state index in [-0.39, 0.29) is 17.5 Å². The van der Waals surface area contributed by atoms with Crippen LogP contribution in [-0.2, 0) is 19.6 Å². The molecule has 8 heteroatoms. The predicted octanol–water partition coefficient (Wildman–Crippen LogP) is 0.837. The van der Waals surface area contributed by atoms with Gasteiger partial charge in [0.1, 0.15) is 16.8 Å². The largest absolute Gasteiger partial charge is 0.368 e. The van der Waals surface area contributed by atoms with Gasteiger partial charge >= 0.3 is 0 Å². The van der Waals surface area contributed by atoms with Crippen LogP contribution in [0.1, 0.15) is 13.3 Å². The summed E-state index contributed by atoms with van der Waals surface area (Å²) in [6, 6.07) is 3.21. The van der Waals surface area contributed by atoms with Crippen molar-refractivity contribution < 1.29 is 22.3 Å². The number of hydrogen-bond acceptors (Lipinski definition) is 4. The minimum absolute atomic E-state index is 0.0866. The van der Waals surface area contributed by atoms with Crippen molar-refractivity contribution in [3.63, 3.8) is 0 Å². The Morgan fingerprint density at radius 1 is 1.50 bits per heavy atom. The second-order valence-corrected chi connectivity index (χ2v) is 6.27. The summed E-state index contributed by atoms with van der Waals surface area (Å²) in [5, 5.41) is 7.35. The lowest BCUT2D eigenvalue weighted by Crippen LogP contribution is -2.31. The van der Waals surface area contributed by atoms with Crippen LogP contribution in [0.3, 0.4) is 0 Å². The van der Waals surface area contributed by atoms with E-state index in [0.717, 1.165) is 18.6 Å². The summed E-state index contributed by atoms with van der Waals surface area (Å²) < 4.78 is 41.0. The van der Waals surface area contributed by atoms with Gasteiger partial charge in [-0.25, -0.2) is 17.9 Å². The number of nitrogens with two attached hydrogens (primary N) is 1. The topological polar surface area (TPSA) is 98.5 Å². The number of nitrogens with one attached hydrogen (secondary N) is 1. The Balaban J connectivity index is 2.15. The van der Waals surface area contributed by atoms with Gasteiger partial charge in [0.05, 0.1) is 0 Å². The molecule has 0 aliphatic carbocycles. The molecule has 1 aliphatic heterocycles. The first-order valence-electron chi connectivity index (χ1n) is 6.04. The number of ether oxygens (including phenoxy) is 1. The molecular formula is C12H15FN2O4S. The van der Waals surface area contributed by atoms with Gasteiger partial charge in [-0.2, -0.15) is 0 Å². The highest BCUT2D eigenvalue weighted by atomic mass is 32.2. The molecule has 3 N–H and O–H groups in total. The van der Waals surface area contributed by atoms with Gasteiger partial charge in [-0.3, -0.25) is 4.79 Å². The van der Waals surface area contributed by atoms with E-state index in [9.17, 15) is 17.6 Å². The fraction of sp³-hybridized carbons (Fsp3) is 0.417. The van der Waals surface area contributed by atoms with Crippen molar-refractivity contribution in [1.82, 2.24) is 0 Å². The third-order valence-electron chi connectivity index (χ3n) is 3.15. The number of rotatable bonds is 3. The number of hydrogen-bond donors (Lipinski definition) is 2. The van der Waals surface area contributed by atoms with Gasteiger partial charge in [0.2, 0.25) is 10.0 Å². The van der Waals surface area contributed by atoms with E-state index in [1.807, 2.05) is 6.92 Å². The van der Waals surface area contributed by atoms with Crippen LogP contribution < -0.4 is 10.5 Å². The molecule has 1 aromatic carbocycles. The van der Waals surface area contributed by atoms with E-state index in [1.54, 1.807) is 0 Å². The molecule has 20 heavy (non-hydrogen) atoms. The molecule has 6 nitrogen and oxygen atoms in total. The van der Waals surface area contributed by atoms with Crippen LogP contribution in [0.15, 0.2) is 23.1 Å². The van der Waals surface area contributed by atoms with E-state index in [2.05, 4.69) is 5.32 Å². The third kappa shape index (κ3) is 3.14. The molecule has 1 saturated heterocycles. The number of carbonyl (C=O) groups is 1. The normalized spacial score (nSPS) is 22.8. The molecule has 0 bridgehead atoms. The molecule has 2 unspecified atom stereocenters. The van der Waals surface area contributed by atoms with Crippen molar-refractivity contribution in [3.8, 4) is 0 Å². The molecule has 1 heterocycles. The fourth-order valence-corrected chi connectivity index (χ4v) is 2.64. The maximum absolute atomic E-state index is 13.6. The van der Waals surface area contributed by atoms with Crippen molar-refractivity contribution >= 4 is 21.6 Å². The van der Waals surface area contributed by atoms with Crippen LogP contribution in [0.4, 0.5) is 10.1 Å². The first kappa shape index (κ1) is 14.9. The average Bonchev–Trinajstić information content (AvgIpc) is 2.73. The van der Waals surface area contributed by atoms with E-state index < -0.39 is 26.8 Å². The van der Waals surface area contributed by atoms with Crippen LogP contribution in [0.2, 0.25) is 0 Å². The van der Waals surface area contributed by atoms with Gasteiger partial charge in [0.25, 0.3) is 5.91 Å². The average molecular weight is 302 g/mol. The SMILES string of the molecule is CC1CCOC1C(=O)Nc1ccc(S(N)(=O)=O)c(F)c1. The first-order valence-corrected chi connectivity index (χ1v) is 7.58. The van der Waals surface area contributed by atoms with Crippen molar-refractivity contribution in [2.45, 2.75) is 24.3 Å². The highest BCUT2D eigenvalue weighted by Gasteiger charge is 2.31. The van der Waals surface area contributed by atoms with Crippen molar-refractivity contribution in [2.75, 3.05) is 11.9 Å². The smallest absolute Gasteiger partial charge is 0.253 e. The third-order valence-corrected chi connectivity index (χ3v) is 4.10. The Hall–Kier alpha value is -1.51. The number of carbonyl (C=O) groups excluding carboxylic acids is 1. The molecular weight excluding hydrogens is 287 g/mol. The molecule has 0 saturated carbocycles. The van der Waals surface area contributed by atoms with E-state index >= 15 is 0 Å². The predicted molar refractivity (Wildman–Crippen MR) is 69.9 cm³/mol. The fourth-order valence-electron chi connectivity index (χ4n) is 2.05. The summed E-state index contributed by atoms with van der Waals surface area (Å²) in [7, 11) is -4.12. The second-order valence-electron chi connectivity index (χ2n) is 4.74. The number of benzene rings is 1. The molecule has 110 valence electrons. The molecule has 1 amide bonds. The van der Waals surface area contributed by atoms with Gasteiger partial charge in [0, 0.05) is 12.3 Å². The lowest BCUT2D eigenvalue weighted by atomic mass is 10.0. The molecule has 1 aliphatic rings. The standard InChI is InChI=1S/C12H15FN2O4S/c1-7-4-5-19-11(7)12(16)15-8-2-3-10(9(13)6-8)20(14,17)18/h2-3,6-7,11H,4-5H2,1H3,(H,15,16)(H2,14,17,18). The molecule has 2 atom stereocenters. The monoisotopic (exact) mass is 302 g/mol.